The number of halogens is 3. The molecule has 1 heterocycles. The van der Waals surface area contributed by atoms with Crippen LogP contribution in [0, 0.1) is 15.2 Å². The van der Waals surface area contributed by atoms with Crippen LogP contribution in [0.25, 0.3) is 0 Å². The van der Waals surface area contributed by atoms with Gasteiger partial charge < -0.3 is 10.0 Å². The first-order chi connectivity index (χ1) is 7.49. The molecule has 3 nitrogen and oxygen atoms in total. The zero-order chi connectivity index (χ0) is 11.9. The summed E-state index contributed by atoms with van der Waals surface area (Å²) >= 11 is 1.83. The molecule has 0 aromatic heterocycles. The number of carbonyl (C=O) groups excluding carboxylic acids is 1. The zero-order valence-electron chi connectivity index (χ0n) is 8.08. The molecule has 16 heavy (non-hydrogen) atoms. The van der Waals surface area contributed by atoms with Crippen molar-refractivity contribution in [3.63, 3.8) is 0 Å². The van der Waals surface area contributed by atoms with Gasteiger partial charge in [-0.25, -0.2) is 8.78 Å². The highest BCUT2D eigenvalue weighted by molar-refractivity contribution is 14.1. The molecular formula is C10H8F2INO2. The van der Waals surface area contributed by atoms with Crippen molar-refractivity contribution in [2.45, 2.75) is 12.5 Å². The monoisotopic (exact) mass is 339 g/mol. The minimum absolute atomic E-state index is 0.0229. The Balaban J connectivity index is 2.41. The molecule has 0 saturated carbocycles. The maximum atomic E-state index is 13.1. The average molecular weight is 339 g/mol. The van der Waals surface area contributed by atoms with Crippen molar-refractivity contribution >= 4 is 34.2 Å². The molecule has 1 aliphatic rings. The first-order valence-corrected chi connectivity index (χ1v) is 5.70. The van der Waals surface area contributed by atoms with Crippen molar-refractivity contribution < 1.29 is 18.7 Å². The summed E-state index contributed by atoms with van der Waals surface area (Å²) in [6.45, 7) is 0.125. The van der Waals surface area contributed by atoms with E-state index < -0.39 is 17.7 Å². The van der Waals surface area contributed by atoms with Gasteiger partial charge in [0.15, 0.2) is 11.6 Å². The van der Waals surface area contributed by atoms with Crippen molar-refractivity contribution in [1.82, 2.24) is 0 Å². The molecule has 6 heteroatoms. The van der Waals surface area contributed by atoms with Crippen LogP contribution in [-0.4, -0.2) is 23.7 Å². The maximum Gasteiger partial charge on any atom is 0.229 e. The van der Waals surface area contributed by atoms with Gasteiger partial charge in [0.25, 0.3) is 0 Å². The molecule has 1 N–H and O–H groups in total. The molecule has 2 rings (SSSR count). The Morgan fingerprint density at radius 3 is 2.56 bits per heavy atom. The van der Waals surface area contributed by atoms with E-state index in [9.17, 15) is 18.7 Å². The Hall–Kier alpha value is -0.760. The Labute approximate surface area is 104 Å². The molecule has 0 aliphatic carbocycles. The van der Waals surface area contributed by atoms with Crippen LogP contribution in [-0.2, 0) is 4.79 Å². The molecular weight excluding hydrogens is 331 g/mol. The zero-order valence-corrected chi connectivity index (χ0v) is 10.2. The van der Waals surface area contributed by atoms with E-state index in [1.165, 1.54) is 4.90 Å². The fourth-order valence-corrected chi connectivity index (χ4v) is 2.36. The lowest BCUT2D eigenvalue weighted by Gasteiger charge is -2.17. The van der Waals surface area contributed by atoms with Crippen molar-refractivity contribution in [2.24, 2.45) is 0 Å². The third kappa shape index (κ3) is 2.03. The minimum Gasteiger partial charge on any atom is -0.391 e. The van der Waals surface area contributed by atoms with Crippen LogP contribution in [0.2, 0.25) is 0 Å². The number of benzene rings is 1. The van der Waals surface area contributed by atoms with Crippen molar-refractivity contribution in [2.75, 3.05) is 11.4 Å². The van der Waals surface area contributed by atoms with Crippen LogP contribution in [0.15, 0.2) is 12.1 Å². The summed E-state index contributed by atoms with van der Waals surface area (Å²) in [6, 6.07) is 2.01. The van der Waals surface area contributed by atoms with E-state index in [4.69, 9.17) is 0 Å². The number of rotatable bonds is 1. The predicted octanol–water partition coefficient (Wildman–Crippen LogP) is 1.67. The Morgan fingerprint density at radius 1 is 1.38 bits per heavy atom. The smallest absolute Gasteiger partial charge is 0.229 e. The van der Waals surface area contributed by atoms with Crippen LogP contribution < -0.4 is 4.90 Å². The Bertz CT molecular complexity index is 453. The van der Waals surface area contributed by atoms with Crippen molar-refractivity contribution in [3.8, 4) is 0 Å². The lowest BCUT2D eigenvalue weighted by molar-refractivity contribution is -0.117. The van der Waals surface area contributed by atoms with Gasteiger partial charge in [-0.15, -0.1) is 0 Å². The molecule has 0 spiro atoms. The number of aliphatic hydroxyl groups is 1. The summed E-state index contributed by atoms with van der Waals surface area (Å²) in [5, 5.41) is 9.31. The highest BCUT2D eigenvalue weighted by Gasteiger charge is 2.30. The molecule has 1 aromatic carbocycles. The summed E-state index contributed by atoms with van der Waals surface area (Å²) in [4.78, 5) is 12.8. The second-order valence-electron chi connectivity index (χ2n) is 3.58. The van der Waals surface area contributed by atoms with E-state index in [0.717, 1.165) is 12.1 Å². The fraction of sp³-hybridized carbons (Fsp3) is 0.300. The van der Waals surface area contributed by atoms with Gasteiger partial charge in [0.2, 0.25) is 5.91 Å². The standard InChI is InChI=1S/C10H8F2INO2/c11-6-2-8(13)9(3-7(6)12)14-4-5(15)1-10(14)16/h2-3,5,15H,1,4H2. The Morgan fingerprint density at radius 2 is 2.00 bits per heavy atom. The quantitative estimate of drug-likeness (QED) is 0.625. The van der Waals surface area contributed by atoms with Gasteiger partial charge in [0, 0.05) is 9.64 Å². The molecule has 1 amide bonds. The number of amides is 1. The normalized spacial score (nSPS) is 20.6. The predicted molar refractivity (Wildman–Crippen MR) is 62.1 cm³/mol. The van der Waals surface area contributed by atoms with Gasteiger partial charge >= 0.3 is 0 Å². The molecule has 1 saturated heterocycles. The molecule has 1 unspecified atom stereocenters. The van der Waals surface area contributed by atoms with E-state index in [1.807, 2.05) is 22.6 Å². The van der Waals surface area contributed by atoms with E-state index in [0.29, 0.717) is 9.26 Å². The van der Waals surface area contributed by atoms with Crippen LogP contribution >= 0.6 is 22.6 Å². The second kappa shape index (κ2) is 4.25. The summed E-state index contributed by atoms with van der Waals surface area (Å²) in [5.74, 6) is -2.22. The molecule has 86 valence electrons. The highest BCUT2D eigenvalue weighted by Crippen LogP contribution is 2.28. The molecule has 1 aromatic rings. The third-order valence-electron chi connectivity index (χ3n) is 2.39. The number of aliphatic hydroxyl groups excluding tert-OH is 1. The van der Waals surface area contributed by atoms with Crippen LogP contribution in [0.3, 0.4) is 0 Å². The summed E-state index contributed by atoms with van der Waals surface area (Å²) in [7, 11) is 0. The molecule has 0 radical (unpaired) electrons. The first-order valence-electron chi connectivity index (χ1n) is 4.62. The second-order valence-corrected chi connectivity index (χ2v) is 4.74. The number of hydrogen-bond donors (Lipinski definition) is 1. The third-order valence-corrected chi connectivity index (χ3v) is 3.25. The van der Waals surface area contributed by atoms with Crippen molar-refractivity contribution in [3.05, 3.63) is 27.3 Å². The molecule has 1 fully saturated rings. The van der Waals surface area contributed by atoms with Gasteiger partial charge in [-0.2, -0.15) is 0 Å². The minimum atomic E-state index is -0.996. The van der Waals surface area contributed by atoms with Crippen molar-refractivity contribution in [1.29, 1.82) is 0 Å². The summed E-state index contributed by atoms with van der Waals surface area (Å²) in [6.07, 6.45) is -0.717. The Kier molecular flexibility index (Phi) is 3.11. The number of β-amino-alcohol motifs (C(OH)–C–C–N with tert-alkyl or cyclic N) is 1. The first kappa shape index (κ1) is 11.7. The van der Waals surface area contributed by atoms with Gasteiger partial charge in [-0.1, -0.05) is 0 Å². The number of hydrogen-bond acceptors (Lipinski definition) is 2. The van der Waals surface area contributed by atoms with Crippen LogP contribution in [0.4, 0.5) is 14.5 Å². The number of anilines is 1. The molecule has 0 bridgehead atoms. The van der Waals surface area contributed by atoms with Gasteiger partial charge in [0.05, 0.1) is 24.8 Å². The fourth-order valence-electron chi connectivity index (χ4n) is 1.64. The van der Waals surface area contributed by atoms with Crippen LogP contribution in [0.1, 0.15) is 6.42 Å². The SMILES string of the molecule is O=C1CC(O)CN1c1cc(F)c(F)cc1I. The van der Waals surface area contributed by atoms with E-state index in [1.54, 1.807) is 0 Å². The van der Waals surface area contributed by atoms with Gasteiger partial charge in [-0.3, -0.25) is 4.79 Å². The van der Waals surface area contributed by atoms with Gasteiger partial charge in [0.1, 0.15) is 0 Å². The van der Waals surface area contributed by atoms with Crippen LogP contribution in [0.5, 0.6) is 0 Å². The topological polar surface area (TPSA) is 40.5 Å². The molecule has 1 aliphatic heterocycles. The largest absolute Gasteiger partial charge is 0.391 e. The van der Waals surface area contributed by atoms with E-state index >= 15 is 0 Å². The summed E-state index contributed by atoms with van der Waals surface area (Å²) < 4.78 is 26.4. The highest BCUT2D eigenvalue weighted by atomic mass is 127. The average Bonchev–Trinajstić information content (AvgIpc) is 2.51. The lowest BCUT2D eigenvalue weighted by atomic mass is 10.3. The number of carbonyl (C=O) groups is 1. The molecule has 1 atom stereocenters. The van der Waals surface area contributed by atoms with Gasteiger partial charge in [-0.05, 0) is 28.7 Å². The number of nitrogens with zero attached hydrogens (tertiary/aromatic N) is 1. The lowest BCUT2D eigenvalue weighted by Crippen LogP contribution is -2.26. The van der Waals surface area contributed by atoms with E-state index in [2.05, 4.69) is 0 Å². The van der Waals surface area contributed by atoms with E-state index in [-0.39, 0.29) is 18.9 Å². The summed E-state index contributed by atoms with van der Waals surface area (Å²) in [5.41, 5.74) is 0.307. The maximum absolute atomic E-state index is 13.1.